The summed E-state index contributed by atoms with van der Waals surface area (Å²) in [6, 6.07) is -2.14. The molecule has 1 heterocycles. The van der Waals surface area contributed by atoms with E-state index >= 15 is 0 Å². The summed E-state index contributed by atoms with van der Waals surface area (Å²) in [6.45, 7) is 1.48. The van der Waals surface area contributed by atoms with E-state index < -0.39 is 40.3 Å². The van der Waals surface area contributed by atoms with Crippen LogP contribution in [0.3, 0.4) is 0 Å². The number of nitrogens with zero attached hydrogens (tertiary/aromatic N) is 2. The summed E-state index contributed by atoms with van der Waals surface area (Å²) in [7, 11) is -3.86. The van der Waals surface area contributed by atoms with Gasteiger partial charge in [-0.25, -0.2) is 12.7 Å². The molecule has 4 atom stereocenters. The van der Waals surface area contributed by atoms with Crippen LogP contribution in [0.25, 0.3) is 0 Å². The van der Waals surface area contributed by atoms with E-state index in [0.29, 0.717) is 16.7 Å². The van der Waals surface area contributed by atoms with Gasteiger partial charge < -0.3 is 0 Å². The highest BCUT2D eigenvalue weighted by Gasteiger charge is 2.72. The standard InChI is InChI=1S/C16H26N2O3S3/c1-10(17-14(22-4)23-5)13(19)18-12-8-11-6-7-16(12,15(11,2)3)9-24(18,20)21/h10-12H,6-9H2,1-5H3/t10-,11+,12+,16+/m0/s1/i1D3,10+1,13+1,17+1. The number of rotatable bonds is 2. The molecule has 24 heavy (non-hydrogen) atoms. The molecule has 136 valence electrons. The fraction of sp³-hybridized carbons (Fsp3) is 0.875. The van der Waals surface area contributed by atoms with E-state index in [0.717, 1.165) is 17.1 Å². The molecule has 2 bridgehead atoms. The summed E-state index contributed by atoms with van der Waals surface area (Å²) in [5.41, 5.74) is -0.654. The Kier molecular flexibility index (Phi) is 3.67. The molecule has 5 nitrogen and oxygen atoms in total. The van der Waals surface area contributed by atoms with Crippen LogP contribution in [-0.2, 0) is 14.8 Å². The van der Waals surface area contributed by atoms with Gasteiger partial charge in [0.25, 0.3) is 5.91 Å². The molecule has 8 heteroatoms. The first-order chi connectivity index (χ1) is 12.3. The van der Waals surface area contributed by atoms with E-state index in [9.17, 15) is 13.2 Å². The molecule has 0 aromatic rings. The molecule has 2 saturated carbocycles. The van der Waals surface area contributed by atoms with Crippen molar-refractivity contribution in [3.05, 3.63) is 0 Å². The van der Waals surface area contributed by atoms with Crippen molar-refractivity contribution < 1.29 is 17.3 Å². The molecule has 0 unspecified atom stereocenters. The molecule has 1 amide bonds. The zero-order valence-electron chi connectivity index (χ0n) is 17.4. The fourth-order valence-electron chi connectivity index (χ4n) is 5.05. The Bertz CT molecular complexity index is 776. The molecule has 0 aromatic carbocycles. The number of sulfonamides is 1. The number of carbonyl (C=O) groups excluding carboxylic acids is 1. The van der Waals surface area contributed by atoms with Crippen molar-refractivity contribution in [2.75, 3.05) is 18.3 Å². The van der Waals surface area contributed by atoms with Crippen LogP contribution in [-0.4, -0.2) is 53.4 Å². The molecule has 1 aliphatic heterocycles. The molecule has 0 radical (unpaired) electrons. The third-order valence-corrected chi connectivity index (χ3v) is 10.3. The predicted molar refractivity (Wildman–Crippen MR) is 102 cm³/mol. The number of hydrogen-bond acceptors (Lipinski definition) is 6. The van der Waals surface area contributed by atoms with Gasteiger partial charge in [-0.1, -0.05) is 13.8 Å². The lowest BCUT2D eigenvalue weighted by Crippen LogP contribution is -2.46. The van der Waals surface area contributed by atoms with Crippen LogP contribution in [0.15, 0.2) is 4.99 Å². The normalized spacial score (nSPS) is 38.8. The summed E-state index contributed by atoms with van der Waals surface area (Å²) >= 11 is 2.49. The Labute approximate surface area is 157 Å². The lowest BCUT2D eigenvalue weighted by molar-refractivity contribution is -0.129. The topological polar surface area (TPSA) is 66.8 Å². The van der Waals surface area contributed by atoms with Crippen molar-refractivity contribution in [3.63, 3.8) is 0 Å². The fourth-order valence-corrected chi connectivity index (χ4v) is 8.69. The lowest BCUT2D eigenvalue weighted by atomic mass is 9.69. The van der Waals surface area contributed by atoms with Gasteiger partial charge in [0, 0.05) is 9.53 Å². The minimum atomic E-state index is -3.86. The van der Waals surface area contributed by atoms with Gasteiger partial charge in [0.1, 0.15) is 10.4 Å². The van der Waals surface area contributed by atoms with E-state index in [-0.39, 0.29) is 11.2 Å². The maximum atomic E-state index is 13.3. The van der Waals surface area contributed by atoms with Gasteiger partial charge in [0.15, 0.2) is 0 Å². The molecular formula is C16H26N2O3S3. The van der Waals surface area contributed by atoms with Gasteiger partial charge in [0.2, 0.25) is 10.0 Å². The number of carbonyl (C=O) groups is 1. The molecule has 3 aliphatic rings. The van der Waals surface area contributed by atoms with Crippen LogP contribution in [0.5, 0.6) is 0 Å². The maximum Gasteiger partial charge on any atom is 0.260 e. The van der Waals surface area contributed by atoms with E-state index in [1.54, 1.807) is 12.5 Å². The Balaban J connectivity index is 2.04. The molecular weight excluding hydrogens is 367 g/mol. The summed E-state index contributed by atoms with van der Waals surface area (Å²) in [5, 5.41) is 0. The van der Waals surface area contributed by atoms with Crippen LogP contribution in [0.4, 0.5) is 0 Å². The smallest absolute Gasteiger partial charge is 0.260 e. The van der Waals surface area contributed by atoms with Crippen molar-refractivity contribution in [3.8, 4) is 0 Å². The summed E-state index contributed by atoms with van der Waals surface area (Å²) < 4.78 is 50.7. The first-order valence-corrected chi connectivity index (χ1v) is 12.1. The zero-order chi connectivity index (χ0) is 20.4. The van der Waals surface area contributed by atoms with Gasteiger partial charge in [-0.05, 0) is 50.0 Å². The van der Waals surface area contributed by atoms with Gasteiger partial charge in [-0.15, -0.1) is 23.5 Å². The molecule has 0 N–H and O–H groups in total. The Hall–Kier alpha value is -0.210. The Morgan fingerprint density at radius 1 is 1.38 bits per heavy atom. The second-order valence-electron chi connectivity index (χ2n) is 7.46. The Morgan fingerprint density at radius 2 is 2.04 bits per heavy atom. The third kappa shape index (κ3) is 2.39. The van der Waals surface area contributed by atoms with Crippen molar-refractivity contribution >= 4 is 43.8 Å². The molecule has 3 rings (SSSR count). The molecule has 0 aromatic heterocycles. The quantitative estimate of drug-likeness (QED) is 0.311. The lowest BCUT2D eigenvalue weighted by Gasteiger charge is -2.37. The third-order valence-electron chi connectivity index (χ3n) is 6.45. The van der Waals surface area contributed by atoms with Crippen LogP contribution >= 0.6 is 23.5 Å². The Morgan fingerprint density at radius 3 is 2.58 bits per heavy atom. The highest BCUT2D eigenvalue weighted by atomic mass is 32.2. The van der Waals surface area contributed by atoms with Crippen molar-refractivity contribution in [1.82, 2.24) is 4.31 Å². The van der Waals surface area contributed by atoms with Gasteiger partial charge in [0.05, 0.1) is 11.8 Å². The monoisotopic (exact) mass is 396 g/mol. The van der Waals surface area contributed by atoms with E-state index in [1.807, 2.05) is 0 Å². The maximum absolute atomic E-state index is 13.3. The van der Waals surface area contributed by atoms with Gasteiger partial charge in [-0.3, -0.25) is 9.79 Å². The summed E-state index contributed by atoms with van der Waals surface area (Å²) in [6.07, 6.45) is 5.84. The highest BCUT2D eigenvalue weighted by molar-refractivity contribution is 8.38. The van der Waals surface area contributed by atoms with Crippen LogP contribution in [0, 0.1) is 16.7 Å². The zero-order valence-corrected chi connectivity index (χ0v) is 16.9. The van der Waals surface area contributed by atoms with Crippen LogP contribution in [0.1, 0.15) is 44.1 Å². The molecule has 1 spiro atoms. The molecule has 2 aliphatic carbocycles. The van der Waals surface area contributed by atoms with Crippen LogP contribution in [0.2, 0.25) is 0 Å². The van der Waals surface area contributed by atoms with Crippen LogP contribution < -0.4 is 0 Å². The average Bonchev–Trinajstić information content (AvgIpc) is 3.01. The minimum Gasteiger partial charge on any atom is -0.271 e. The first-order valence-electron chi connectivity index (χ1n) is 9.53. The van der Waals surface area contributed by atoms with Gasteiger partial charge >= 0.3 is 0 Å². The van der Waals surface area contributed by atoms with Crippen molar-refractivity contribution in [2.45, 2.75) is 52.0 Å². The number of fused-ring (bicyclic) bond motifs is 1. The summed E-state index contributed by atoms with van der Waals surface area (Å²) in [4.78, 5) is 17.4. The molecule has 3 fully saturated rings. The largest absolute Gasteiger partial charge is 0.271 e. The second-order valence-corrected chi connectivity index (χ2v) is 11.2. The number of aliphatic imine (C=N–C) groups is 1. The van der Waals surface area contributed by atoms with Crippen molar-refractivity contribution in [2.24, 2.45) is 21.7 Å². The minimum absolute atomic E-state index is 0.0742. The number of hydrogen-bond donors (Lipinski definition) is 0. The average molecular weight is 397 g/mol. The highest BCUT2D eigenvalue weighted by Crippen LogP contribution is 2.70. The second kappa shape index (κ2) is 5.91. The van der Waals surface area contributed by atoms with E-state index in [1.165, 1.54) is 23.5 Å². The van der Waals surface area contributed by atoms with E-state index in [2.05, 4.69) is 18.8 Å². The number of thioether (sulfide) groups is 2. The SMILES string of the molecule is [2H]C([2H])([2H])[13C@H]([15N]=C(SC)SC)[13C](=O)N1[C@@H]2C[C@H]3CC[C@]2(CS1(=O)=O)C3(C)C. The number of amides is 1. The molecule has 1 saturated heterocycles. The summed E-state index contributed by atoms with van der Waals surface area (Å²) in [5.74, 6) is -0.619. The van der Waals surface area contributed by atoms with E-state index in [4.69, 9.17) is 4.11 Å². The van der Waals surface area contributed by atoms with Gasteiger partial charge in [-0.2, -0.15) is 0 Å². The first kappa shape index (κ1) is 14.9. The predicted octanol–water partition coefficient (Wildman–Crippen LogP) is 2.82. The van der Waals surface area contributed by atoms with Crippen molar-refractivity contribution in [1.29, 1.82) is 0 Å².